The summed E-state index contributed by atoms with van der Waals surface area (Å²) in [5.41, 5.74) is 2.33. The molecule has 1 aromatic heterocycles. The van der Waals surface area contributed by atoms with Crippen LogP contribution in [0.1, 0.15) is 5.56 Å². The molecule has 0 saturated heterocycles. The Balaban J connectivity index is 1.50. The predicted octanol–water partition coefficient (Wildman–Crippen LogP) is 5.60. The number of hydrogen-bond donors (Lipinski definition) is 1. The summed E-state index contributed by atoms with van der Waals surface area (Å²) in [6, 6.07) is 12.6. The van der Waals surface area contributed by atoms with Gasteiger partial charge in [0.1, 0.15) is 0 Å². The third kappa shape index (κ3) is 5.78. The average molecular weight is 500 g/mol. The molecule has 3 rings (SSSR count). The summed E-state index contributed by atoms with van der Waals surface area (Å²) in [6.45, 7) is -0.397. The van der Waals surface area contributed by atoms with Crippen LogP contribution in [0.4, 0.5) is 5.13 Å². The first-order chi connectivity index (χ1) is 13.4. The van der Waals surface area contributed by atoms with Gasteiger partial charge in [-0.1, -0.05) is 57.3 Å². The van der Waals surface area contributed by atoms with Crippen molar-refractivity contribution in [2.45, 2.75) is 6.42 Å². The van der Waals surface area contributed by atoms with E-state index < -0.39 is 18.5 Å². The van der Waals surface area contributed by atoms with E-state index >= 15 is 0 Å². The maximum absolute atomic E-state index is 12.0. The molecule has 0 fully saturated rings. The number of benzene rings is 2. The second-order valence-corrected chi connectivity index (χ2v) is 8.27. The van der Waals surface area contributed by atoms with E-state index in [0.29, 0.717) is 20.7 Å². The van der Waals surface area contributed by atoms with Crippen LogP contribution in [0.5, 0.6) is 0 Å². The minimum absolute atomic E-state index is 0.00550. The lowest BCUT2D eigenvalue weighted by Crippen LogP contribution is -2.21. The van der Waals surface area contributed by atoms with Crippen molar-refractivity contribution in [3.05, 3.63) is 67.9 Å². The van der Waals surface area contributed by atoms with E-state index in [2.05, 4.69) is 26.2 Å². The number of anilines is 1. The average Bonchev–Trinajstić information content (AvgIpc) is 3.11. The Morgan fingerprint density at radius 3 is 2.71 bits per heavy atom. The normalized spacial score (nSPS) is 10.5. The third-order valence-corrected chi connectivity index (χ3v) is 5.56. The molecule has 5 nitrogen and oxygen atoms in total. The highest BCUT2D eigenvalue weighted by molar-refractivity contribution is 9.10. The number of amides is 1. The van der Waals surface area contributed by atoms with E-state index in [0.717, 1.165) is 15.7 Å². The molecule has 0 aliphatic heterocycles. The number of hydrogen-bond acceptors (Lipinski definition) is 5. The zero-order valence-corrected chi connectivity index (χ0v) is 18.2. The number of carbonyl (C=O) groups excluding carboxylic acids is 2. The fraction of sp³-hybridized carbons (Fsp3) is 0.105. The Hall–Kier alpha value is -1.93. The van der Waals surface area contributed by atoms with Gasteiger partial charge in [-0.15, -0.1) is 11.3 Å². The van der Waals surface area contributed by atoms with Gasteiger partial charge in [0, 0.05) is 15.4 Å². The van der Waals surface area contributed by atoms with Gasteiger partial charge in [-0.05, 0) is 29.8 Å². The summed E-state index contributed by atoms with van der Waals surface area (Å²) in [5, 5.41) is 5.66. The van der Waals surface area contributed by atoms with Crippen molar-refractivity contribution in [1.82, 2.24) is 4.98 Å². The molecule has 1 N–H and O–H groups in total. The first kappa shape index (κ1) is 20.8. The van der Waals surface area contributed by atoms with Crippen LogP contribution in [0.25, 0.3) is 11.3 Å². The second kappa shape index (κ2) is 9.52. The molecule has 0 aliphatic carbocycles. The van der Waals surface area contributed by atoms with Gasteiger partial charge < -0.3 is 4.74 Å². The molecule has 9 heteroatoms. The minimum Gasteiger partial charge on any atom is -0.455 e. The molecule has 0 aliphatic rings. The molecule has 3 aromatic rings. The quantitative estimate of drug-likeness (QED) is 0.448. The van der Waals surface area contributed by atoms with Crippen molar-refractivity contribution in [3.8, 4) is 11.3 Å². The standard InChI is InChI=1S/C19H13BrCl2N2O3S/c20-13-3-1-2-12(8-13)16-10-28-19(23-16)24-17(25)9-27-18(26)7-11-4-5-14(21)15(22)6-11/h1-6,8,10H,7,9H2,(H,23,24,25). The second-order valence-electron chi connectivity index (χ2n) is 5.68. The zero-order valence-electron chi connectivity index (χ0n) is 14.2. The molecule has 144 valence electrons. The van der Waals surface area contributed by atoms with Crippen molar-refractivity contribution in [1.29, 1.82) is 0 Å². The van der Waals surface area contributed by atoms with Crippen LogP contribution in [0.2, 0.25) is 10.0 Å². The number of rotatable bonds is 6. The van der Waals surface area contributed by atoms with Crippen molar-refractivity contribution < 1.29 is 14.3 Å². The van der Waals surface area contributed by atoms with Gasteiger partial charge in [-0.3, -0.25) is 14.9 Å². The fourth-order valence-electron chi connectivity index (χ4n) is 2.28. The van der Waals surface area contributed by atoms with Gasteiger partial charge in [0.2, 0.25) is 0 Å². The smallest absolute Gasteiger partial charge is 0.310 e. The van der Waals surface area contributed by atoms with Gasteiger partial charge >= 0.3 is 5.97 Å². The van der Waals surface area contributed by atoms with Gasteiger partial charge in [0.15, 0.2) is 11.7 Å². The van der Waals surface area contributed by atoms with Crippen molar-refractivity contribution in [3.63, 3.8) is 0 Å². The Bertz CT molecular complexity index is 1030. The van der Waals surface area contributed by atoms with Crippen molar-refractivity contribution >= 4 is 67.5 Å². The molecular formula is C19H13BrCl2N2O3S. The van der Waals surface area contributed by atoms with Crippen LogP contribution >= 0.6 is 50.5 Å². The topological polar surface area (TPSA) is 68.3 Å². The first-order valence-electron chi connectivity index (χ1n) is 8.01. The summed E-state index contributed by atoms with van der Waals surface area (Å²) >= 11 is 16.5. The molecule has 0 atom stereocenters. The molecule has 0 saturated carbocycles. The Morgan fingerprint density at radius 2 is 1.96 bits per heavy atom. The molecular weight excluding hydrogens is 487 g/mol. The van der Waals surface area contributed by atoms with Crippen LogP contribution in [0.3, 0.4) is 0 Å². The predicted molar refractivity (Wildman–Crippen MR) is 115 cm³/mol. The zero-order chi connectivity index (χ0) is 20.1. The third-order valence-electron chi connectivity index (χ3n) is 3.57. The van der Waals surface area contributed by atoms with Gasteiger partial charge in [-0.2, -0.15) is 0 Å². The Labute approximate surface area is 183 Å². The van der Waals surface area contributed by atoms with E-state index in [1.165, 1.54) is 11.3 Å². The molecule has 0 bridgehead atoms. The van der Waals surface area contributed by atoms with E-state index in [9.17, 15) is 9.59 Å². The SMILES string of the molecule is O=C(COC(=O)Cc1ccc(Cl)c(Cl)c1)Nc1nc(-c2cccc(Br)c2)cs1. The number of nitrogens with zero attached hydrogens (tertiary/aromatic N) is 1. The van der Waals surface area contributed by atoms with E-state index in [-0.39, 0.29) is 6.42 Å². The van der Waals surface area contributed by atoms with E-state index in [4.69, 9.17) is 27.9 Å². The number of esters is 1. The van der Waals surface area contributed by atoms with Gasteiger partial charge in [0.05, 0.1) is 22.2 Å². The number of aromatic nitrogens is 1. The summed E-state index contributed by atoms with van der Waals surface area (Å²) in [7, 11) is 0. The van der Waals surface area contributed by atoms with Gasteiger partial charge in [0.25, 0.3) is 5.91 Å². The summed E-state index contributed by atoms with van der Waals surface area (Å²) in [4.78, 5) is 28.3. The summed E-state index contributed by atoms with van der Waals surface area (Å²) < 4.78 is 5.94. The van der Waals surface area contributed by atoms with E-state index in [1.807, 2.05) is 29.6 Å². The molecule has 1 heterocycles. The lowest BCUT2D eigenvalue weighted by Gasteiger charge is -2.05. The van der Waals surface area contributed by atoms with Crippen LogP contribution in [0.15, 0.2) is 52.3 Å². The van der Waals surface area contributed by atoms with Crippen molar-refractivity contribution in [2.75, 3.05) is 11.9 Å². The molecule has 0 spiro atoms. The molecule has 2 aromatic carbocycles. The molecule has 0 unspecified atom stereocenters. The lowest BCUT2D eigenvalue weighted by atomic mass is 10.1. The number of thiazole rings is 1. The highest BCUT2D eigenvalue weighted by atomic mass is 79.9. The van der Waals surface area contributed by atoms with E-state index in [1.54, 1.807) is 18.2 Å². The first-order valence-corrected chi connectivity index (χ1v) is 10.4. The Morgan fingerprint density at radius 1 is 1.14 bits per heavy atom. The highest BCUT2D eigenvalue weighted by Gasteiger charge is 2.12. The number of ether oxygens (including phenoxy) is 1. The maximum Gasteiger partial charge on any atom is 0.310 e. The lowest BCUT2D eigenvalue weighted by molar-refractivity contribution is -0.146. The van der Waals surface area contributed by atoms with Crippen LogP contribution in [-0.4, -0.2) is 23.5 Å². The van der Waals surface area contributed by atoms with Crippen LogP contribution < -0.4 is 5.32 Å². The Kier molecular flexibility index (Phi) is 7.07. The number of halogens is 3. The summed E-state index contributed by atoms with van der Waals surface area (Å²) in [6.07, 6.45) is -0.00550. The number of carbonyl (C=O) groups is 2. The summed E-state index contributed by atoms with van der Waals surface area (Å²) in [5.74, 6) is -1.000. The minimum atomic E-state index is -0.539. The van der Waals surface area contributed by atoms with Crippen LogP contribution in [-0.2, 0) is 20.7 Å². The van der Waals surface area contributed by atoms with Gasteiger partial charge in [-0.25, -0.2) is 4.98 Å². The maximum atomic E-state index is 12.0. The number of nitrogens with one attached hydrogen (secondary N) is 1. The fourth-order valence-corrected chi connectivity index (χ4v) is 3.74. The monoisotopic (exact) mass is 498 g/mol. The molecule has 28 heavy (non-hydrogen) atoms. The molecule has 0 radical (unpaired) electrons. The molecule has 1 amide bonds. The highest BCUT2D eigenvalue weighted by Crippen LogP contribution is 2.27. The van der Waals surface area contributed by atoms with Crippen molar-refractivity contribution in [2.24, 2.45) is 0 Å². The van der Waals surface area contributed by atoms with Crippen LogP contribution in [0, 0.1) is 0 Å². The largest absolute Gasteiger partial charge is 0.455 e.